The molecule has 0 fully saturated rings. The largest absolute Gasteiger partial charge is 0.352 e. The van der Waals surface area contributed by atoms with Gasteiger partial charge in [-0.1, -0.05) is 6.07 Å². The molecule has 1 aromatic heterocycles. The van der Waals surface area contributed by atoms with E-state index < -0.39 is 27.1 Å². The van der Waals surface area contributed by atoms with Crippen LogP contribution in [0.5, 0.6) is 0 Å². The van der Waals surface area contributed by atoms with Crippen LogP contribution in [0.3, 0.4) is 0 Å². The van der Waals surface area contributed by atoms with Crippen molar-refractivity contribution in [3.05, 3.63) is 65.9 Å². The Morgan fingerprint density at radius 3 is 2.57 bits per heavy atom. The summed E-state index contributed by atoms with van der Waals surface area (Å²) >= 11 is 1.56. The maximum atomic E-state index is 12.2. The van der Waals surface area contributed by atoms with Crippen LogP contribution >= 0.6 is 11.3 Å². The number of carbonyl (C=O) groups excluding carboxylic acids is 1. The third-order valence-corrected chi connectivity index (χ3v) is 4.19. The minimum Gasteiger partial charge on any atom is -0.352 e. The molecule has 1 amide bonds. The van der Waals surface area contributed by atoms with E-state index in [1.165, 1.54) is 6.92 Å². The fraction of sp³-hybridized carbons (Fsp3) is 0.214. The zero-order valence-electron chi connectivity index (χ0n) is 12.1. The minimum atomic E-state index is -0.755. The van der Waals surface area contributed by atoms with E-state index in [0.717, 1.165) is 17.0 Å². The fourth-order valence-electron chi connectivity index (χ4n) is 2.06. The molecule has 0 aliphatic heterocycles. The second kappa shape index (κ2) is 6.97. The molecule has 0 unspecified atom stereocenters. The average Bonchev–Trinajstić information content (AvgIpc) is 3.00. The average molecular weight is 335 g/mol. The third kappa shape index (κ3) is 3.89. The van der Waals surface area contributed by atoms with Gasteiger partial charge in [-0.05, 0) is 24.8 Å². The first kappa shape index (κ1) is 16.6. The van der Waals surface area contributed by atoms with Crippen LogP contribution in [0.15, 0.2) is 29.6 Å². The van der Waals surface area contributed by atoms with Crippen LogP contribution in [0.25, 0.3) is 0 Å². The van der Waals surface area contributed by atoms with Gasteiger partial charge in [0.15, 0.2) is 0 Å². The van der Waals surface area contributed by atoms with Gasteiger partial charge in [-0.25, -0.2) is 0 Å². The Balaban J connectivity index is 2.21. The van der Waals surface area contributed by atoms with E-state index in [9.17, 15) is 25.0 Å². The predicted molar refractivity (Wildman–Crippen MR) is 84.8 cm³/mol. The molecule has 0 radical (unpaired) electrons. The maximum absolute atomic E-state index is 12.2. The van der Waals surface area contributed by atoms with Crippen LogP contribution in [-0.4, -0.2) is 22.3 Å². The number of nitrogens with zero attached hydrogens (tertiary/aromatic N) is 2. The molecule has 8 nitrogen and oxygen atoms in total. The molecule has 1 heterocycles. The number of nitrogens with one attached hydrogen (secondary N) is 1. The van der Waals surface area contributed by atoms with Gasteiger partial charge in [-0.3, -0.25) is 25.0 Å². The summed E-state index contributed by atoms with van der Waals surface area (Å²) < 4.78 is 0. The van der Waals surface area contributed by atoms with Gasteiger partial charge >= 0.3 is 0 Å². The third-order valence-electron chi connectivity index (χ3n) is 3.25. The van der Waals surface area contributed by atoms with Crippen molar-refractivity contribution in [1.82, 2.24) is 5.32 Å². The quantitative estimate of drug-likeness (QED) is 0.643. The Morgan fingerprint density at radius 1 is 1.26 bits per heavy atom. The van der Waals surface area contributed by atoms with Crippen molar-refractivity contribution >= 4 is 28.6 Å². The van der Waals surface area contributed by atoms with E-state index in [1.807, 2.05) is 17.5 Å². The summed E-state index contributed by atoms with van der Waals surface area (Å²) in [5.74, 6) is -0.564. The van der Waals surface area contributed by atoms with Gasteiger partial charge in [0.25, 0.3) is 17.3 Å². The van der Waals surface area contributed by atoms with Gasteiger partial charge in [0.2, 0.25) is 0 Å². The molecule has 0 aliphatic carbocycles. The van der Waals surface area contributed by atoms with Crippen molar-refractivity contribution < 1.29 is 14.6 Å². The first-order valence-corrected chi connectivity index (χ1v) is 7.52. The molecule has 9 heteroatoms. The van der Waals surface area contributed by atoms with E-state index in [-0.39, 0.29) is 11.1 Å². The van der Waals surface area contributed by atoms with Crippen molar-refractivity contribution in [1.29, 1.82) is 0 Å². The summed E-state index contributed by atoms with van der Waals surface area (Å²) in [6, 6.07) is 5.75. The summed E-state index contributed by atoms with van der Waals surface area (Å²) in [5.41, 5.74) is -0.875. The molecule has 2 aromatic rings. The summed E-state index contributed by atoms with van der Waals surface area (Å²) in [7, 11) is 0. The highest BCUT2D eigenvalue weighted by atomic mass is 32.1. The molecule has 23 heavy (non-hydrogen) atoms. The lowest BCUT2D eigenvalue weighted by molar-refractivity contribution is -0.394. The number of rotatable bonds is 6. The molecule has 1 N–H and O–H groups in total. The SMILES string of the molecule is Cc1c(C(=O)NCCc2cccs2)cc([N+](=O)[O-])cc1[N+](=O)[O-]. The van der Waals surface area contributed by atoms with E-state index in [1.54, 1.807) is 11.3 Å². The highest BCUT2D eigenvalue weighted by molar-refractivity contribution is 7.09. The first-order valence-electron chi connectivity index (χ1n) is 6.64. The Hall–Kier alpha value is -2.81. The molecule has 1 aromatic carbocycles. The van der Waals surface area contributed by atoms with Crippen LogP contribution in [0.2, 0.25) is 0 Å². The Kier molecular flexibility index (Phi) is 5.02. The molecule has 0 saturated heterocycles. The number of nitro benzene ring substituents is 2. The van der Waals surface area contributed by atoms with Gasteiger partial charge in [0, 0.05) is 23.1 Å². The second-order valence-corrected chi connectivity index (χ2v) is 5.77. The standard InChI is InChI=1S/C14H13N3O5S/c1-9-12(7-10(16(19)20)8-13(9)17(21)22)14(18)15-5-4-11-3-2-6-23-11/h2-3,6-8H,4-5H2,1H3,(H,15,18). The van der Waals surface area contributed by atoms with E-state index in [0.29, 0.717) is 13.0 Å². The second-order valence-electron chi connectivity index (χ2n) is 4.74. The van der Waals surface area contributed by atoms with E-state index in [4.69, 9.17) is 0 Å². The maximum Gasteiger partial charge on any atom is 0.279 e. The number of hydrogen-bond donors (Lipinski definition) is 1. The molecule has 120 valence electrons. The van der Waals surface area contributed by atoms with Crippen molar-refractivity contribution in [2.24, 2.45) is 0 Å². The summed E-state index contributed by atoms with van der Waals surface area (Å²) in [6.45, 7) is 1.74. The first-order chi connectivity index (χ1) is 10.9. The van der Waals surface area contributed by atoms with E-state index in [2.05, 4.69) is 5.32 Å². The number of hydrogen-bond acceptors (Lipinski definition) is 6. The zero-order chi connectivity index (χ0) is 17.0. The zero-order valence-corrected chi connectivity index (χ0v) is 13.0. The number of thiophene rings is 1. The number of nitro groups is 2. The predicted octanol–water partition coefficient (Wildman–Crippen LogP) is 2.85. The normalized spacial score (nSPS) is 10.3. The van der Waals surface area contributed by atoms with Crippen LogP contribution in [0.4, 0.5) is 11.4 Å². The topological polar surface area (TPSA) is 115 Å². The van der Waals surface area contributed by atoms with Crippen LogP contribution in [0.1, 0.15) is 20.8 Å². The van der Waals surface area contributed by atoms with Gasteiger partial charge in [0.05, 0.1) is 21.5 Å². The Labute approximate surface area is 135 Å². The lowest BCUT2D eigenvalue weighted by Gasteiger charge is -2.08. The molecule has 0 atom stereocenters. The Bertz CT molecular complexity index is 758. The molecule has 0 saturated carbocycles. The van der Waals surface area contributed by atoms with Gasteiger partial charge < -0.3 is 5.32 Å². The summed E-state index contributed by atoms with van der Waals surface area (Å²) in [4.78, 5) is 33.7. The molecule has 0 spiro atoms. The van der Waals surface area contributed by atoms with Crippen molar-refractivity contribution in [2.45, 2.75) is 13.3 Å². The highest BCUT2D eigenvalue weighted by Crippen LogP contribution is 2.27. The van der Waals surface area contributed by atoms with Crippen LogP contribution < -0.4 is 5.32 Å². The van der Waals surface area contributed by atoms with Gasteiger partial charge in [-0.15, -0.1) is 11.3 Å². The molecular formula is C14H13N3O5S. The lowest BCUT2D eigenvalue weighted by atomic mass is 10.0. The summed E-state index contributed by atoms with van der Waals surface area (Å²) in [6.07, 6.45) is 0.624. The van der Waals surface area contributed by atoms with Crippen molar-refractivity contribution in [2.75, 3.05) is 6.54 Å². The van der Waals surface area contributed by atoms with E-state index >= 15 is 0 Å². The van der Waals surface area contributed by atoms with Gasteiger partial charge in [-0.2, -0.15) is 0 Å². The van der Waals surface area contributed by atoms with Crippen molar-refractivity contribution in [3.63, 3.8) is 0 Å². The number of carbonyl (C=O) groups is 1. The smallest absolute Gasteiger partial charge is 0.279 e. The highest BCUT2D eigenvalue weighted by Gasteiger charge is 2.24. The number of benzene rings is 1. The van der Waals surface area contributed by atoms with Crippen LogP contribution in [-0.2, 0) is 6.42 Å². The minimum absolute atomic E-state index is 0.0583. The molecule has 0 aliphatic rings. The number of non-ortho nitro benzene ring substituents is 1. The van der Waals surface area contributed by atoms with Crippen molar-refractivity contribution in [3.8, 4) is 0 Å². The molecular weight excluding hydrogens is 322 g/mol. The molecule has 2 rings (SSSR count). The Morgan fingerprint density at radius 2 is 2.00 bits per heavy atom. The van der Waals surface area contributed by atoms with Gasteiger partial charge in [0.1, 0.15) is 0 Å². The van der Waals surface area contributed by atoms with Crippen LogP contribution in [0, 0.1) is 27.2 Å². The monoisotopic (exact) mass is 335 g/mol. The summed E-state index contributed by atoms with van der Waals surface area (Å²) in [5, 5.41) is 26.4. The fourth-order valence-corrected chi connectivity index (χ4v) is 2.77. The number of amides is 1. The molecule has 0 bridgehead atoms. The lowest BCUT2D eigenvalue weighted by Crippen LogP contribution is -2.26.